The maximum Gasteiger partial charge on any atom is 0.0620 e. The van der Waals surface area contributed by atoms with Crippen molar-refractivity contribution in [3.63, 3.8) is 0 Å². The fraction of sp³-hybridized carbons (Fsp3) is 1.00. The van der Waals surface area contributed by atoms with Crippen molar-refractivity contribution in [3.8, 4) is 0 Å². The van der Waals surface area contributed by atoms with Gasteiger partial charge in [0.25, 0.3) is 0 Å². The average molecular weight is 222 g/mol. The van der Waals surface area contributed by atoms with Crippen molar-refractivity contribution in [2.24, 2.45) is 22.7 Å². The van der Waals surface area contributed by atoms with Crippen LogP contribution in [0.4, 0.5) is 0 Å². The molecular weight excluding hydrogens is 196 g/mol. The Balaban J connectivity index is 1.84. The molecule has 0 amide bonds. The van der Waals surface area contributed by atoms with E-state index in [1.54, 1.807) is 0 Å². The normalized spacial score (nSPS) is 51.8. The highest BCUT2D eigenvalue weighted by molar-refractivity contribution is 5.17. The van der Waals surface area contributed by atoms with Gasteiger partial charge in [0, 0.05) is 0 Å². The van der Waals surface area contributed by atoms with Crippen LogP contribution in [0.2, 0.25) is 0 Å². The molecule has 92 valence electrons. The fourth-order valence-electron chi connectivity index (χ4n) is 4.99. The monoisotopic (exact) mass is 222 g/mol. The average Bonchev–Trinajstić information content (AvgIpc) is 2.87. The summed E-state index contributed by atoms with van der Waals surface area (Å²) in [5.41, 5.74) is 0.812. The second kappa shape index (κ2) is 3.04. The quantitative estimate of drug-likeness (QED) is 0.716. The van der Waals surface area contributed by atoms with E-state index in [0.29, 0.717) is 16.7 Å². The maximum absolute atomic E-state index is 10.2. The summed E-state index contributed by atoms with van der Waals surface area (Å²) < 4.78 is 0. The summed E-state index contributed by atoms with van der Waals surface area (Å²) in [5, 5.41) is 10.2. The van der Waals surface area contributed by atoms with E-state index < -0.39 is 5.60 Å². The molecule has 1 nitrogen and oxygen atoms in total. The van der Waals surface area contributed by atoms with Crippen molar-refractivity contribution < 1.29 is 5.11 Å². The van der Waals surface area contributed by atoms with Crippen LogP contribution in [0.3, 0.4) is 0 Å². The smallest absolute Gasteiger partial charge is 0.0620 e. The van der Waals surface area contributed by atoms with Gasteiger partial charge in [-0.3, -0.25) is 0 Å². The van der Waals surface area contributed by atoms with Crippen LogP contribution < -0.4 is 0 Å². The van der Waals surface area contributed by atoms with Crippen LogP contribution in [-0.4, -0.2) is 10.7 Å². The van der Waals surface area contributed by atoms with Gasteiger partial charge in [0.2, 0.25) is 0 Å². The van der Waals surface area contributed by atoms with E-state index >= 15 is 0 Å². The zero-order chi connectivity index (χ0) is 11.6. The standard InChI is InChI=1S/C15H26O/c1-13(2,16)11-6-8-14(3)7-4-5-12-10-15(12,14)9-11/h11-12,16H,4-10H2,1-3H3/t11-,12-,14-,15+/m1/s1. The van der Waals surface area contributed by atoms with Gasteiger partial charge >= 0.3 is 0 Å². The Hall–Kier alpha value is -0.0400. The Morgan fingerprint density at radius 2 is 1.88 bits per heavy atom. The van der Waals surface area contributed by atoms with Gasteiger partial charge in [-0.2, -0.15) is 0 Å². The first-order chi connectivity index (χ1) is 7.37. The first-order valence-electron chi connectivity index (χ1n) is 7.10. The van der Waals surface area contributed by atoms with Crippen LogP contribution in [0, 0.1) is 22.7 Å². The summed E-state index contributed by atoms with van der Waals surface area (Å²) in [4.78, 5) is 0. The predicted molar refractivity (Wildman–Crippen MR) is 66.1 cm³/mol. The topological polar surface area (TPSA) is 20.2 Å². The molecule has 3 aliphatic carbocycles. The molecule has 3 fully saturated rings. The highest BCUT2D eigenvalue weighted by Crippen LogP contribution is 2.75. The van der Waals surface area contributed by atoms with Crippen LogP contribution in [0.5, 0.6) is 0 Å². The van der Waals surface area contributed by atoms with Gasteiger partial charge in [-0.05, 0) is 75.0 Å². The molecule has 3 rings (SSSR count). The van der Waals surface area contributed by atoms with Gasteiger partial charge in [0.05, 0.1) is 5.60 Å². The van der Waals surface area contributed by atoms with E-state index in [1.807, 2.05) is 13.8 Å². The highest BCUT2D eigenvalue weighted by Gasteiger charge is 2.67. The second-order valence-corrected chi connectivity index (χ2v) is 7.60. The molecule has 0 bridgehead atoms. The van der Waals surface area contributed by atoms with E-state index in [9.17, 15) is 5.11 Å². The molecule has 3 aliphatic rings. The van der Waals surface area contributed by atoms with Crippen molar-refractivity contribution in [1.29, 1.82) is 0 Å². The Kier molecular flexibility index (Phi) is 2.11. The highest BCUT2D eigenvalue weighted by atomic mass is 16.3. The van der Waals surface area contributed by atoms with Crippen molar-refractivity contribution >= 4 is 0 Å². The fourth-order valence-corrected chi connectivity index (χ4v) is 4.99. The molecule has 1 spiro atoms. The van der Waals surface area contributed by atoms with Gasteiger partial charge in [0.15, 0.2) is 0 Å². The summed E-state index contributed by atoms with van der Waals surface area (Å²) in [6.45, 7) is 6.56. The third kappa shape index (κ3) is 1.33. The first-order valence-corrected chi connectivity index (χ1v) is 7.10. The zero-order valence-corrected chi connectivity index (χ0v) is 11.1. The van der Waals surface area contributed by atoms with E-state index in [4.69, 9.17) is 0 Å². The number of hydrogen-bond acceptors (Lipinski definition) is 1. The lowest BCUT2D eigenvalue weighted by atomic mass is 9.55. The molecule has 3 saturated carbocycles. The molecular formula is C15H26O. The molecule has 1 heteroatoms. The van der Waals surface area contributed by atoms with Crippen LogP contribution in [0.1, 0.15) is 65.7 Å². The van der Waals surface area contributed by atoms with Crippen LogP contribution in [0.25, 0.3) is 0 Å². The molecule has 0 heterocycles. The van der Waals surface area contributed by atoms with Crippen LogP contribution in [0.15, 0.2) is 0 Å². The minimum atomic E-state index is -0.458. The Morgan fingerprint density at radius 3 is 2.56 bits per heavy atom. The van der Waals surface area contributed by atoms with Crippen LogP contribution >= 0.6 is 0 Å². The van der Waals surface area contributed by atoms with Crippen molar-refractivity contribution in [3.05, 3.63) is 0 Å². The lowest BCUT2D eigenvalue weighted by Gasteiger charge is -2.51. The molecule has 16 heavy (non-hydrogen) atoms. The minimum absolute atomic E-state index is 0.458. The second-order valence-electron chi connectivity index (χ2n) is 7.60. The number of aliphatic hydroxyl groups is 1. The molecule has 0 aromatic carbocycles. The van der Waals surface area contributed by atoms with Crippen molar-refractivity contribution in [1.82, 2.24) is 0 Å². The molecule has 1 N–H and O–H groups in total. The first kappa shape index (κ1) is 11.1. The summed E-state index contributed by atoms with van der Waals surface area (Å²) in [5.74, 6) is 1.56. The maximum atomic E-state index is 10.2. The van der Waals surface area contributed by atoms with E-state index in [-0.39, 0.29) is 0 Å². The largest absolute Gasteiger partial charge is 0.390 e. The molecule has 4 atom stereocenters. The molecule has 0 radical (unpaired) electrons. The summed E-state index contributed by atoms with van der Waals surface area (Å²) >= 11 is 0. The third-order valence-electron chi connectivity index (χ3n) is 6.37. The molecule has 0 saturated heterocycles. The molecule has 0 aromatic rings. The van der Waals surface area contributed by atoms with E-state index in [2.05, 4.69) is 6.92 Å². The van der Waals surface area contributed by atoms with Gasteiger partial charge in [-0.15, -0.1) is 0 Å². The Bertz CT molecular complexity index is 303. The minimum Gasteiger partial charge on any atom is -0.390 e. The number of rotatable bonds is 1. The van der Waals surface area contributed by atoms with Gasteiger partial charge < -0.3 is 5.11 Å². The molecule has 0 aromatic heterocycles. The summed E-state index contributed by atoms with van der Waals surface area (Å²) in [6, 6.07) is 0. The predicted octanol–water partition coefficient (Wildman–Crippen LogP) is 3.75. The summed E-state index contributed by atoms with van der Waals surface area (Å²) in [7, 11) is 0. The molecule has 0 unspecified atom stereocenters. The van der Waals surface area contributed by atoms with Crippen molar-refractivity contribution in [2.45, 2.75) is 71.3 Å². The lowest BCUT2D eigenvalue weighted by Crippen LogP contribution is -2.45. The van der Waals surface area contributed by atoms with Gasteiger partial charge in [-0.25, -0.2) is 0 Å². The Morgan fingerprint density at radius 1 is 1.12 bits per heavy atom. The van der Waals surface area contributed by atoms with Gasteiger partial charge in [-0.1, -0.05) is 13.3 Å². The van der Waals surface area contributed by atoms with Crippen LogP contribution in [-0.2, 0) is 0 Å². The zero-order valence-electron chi connectivity index (χ0n) is 11.1. The lowest BCUT2D eigenvalue weighted by molar-refractivity contribution is -0.0650. The van der Waals surface area contributed by atoms with E-state index in [0.717, 1.165) is 5.92 Å². The third-order valence-corrected chi connectivity index (χ3v) is 6.37. The van der Waals surface area contributed by atoms with Gasteiger partial charge in [0.1, 0.15) is 0 Å². The van der Waals surface area contributed by atoms with E-state index in [1.165, 1.54) is 44.9 Å². The SMILES string of the molecule is CC(C)(O)[C@@H]1CC[C@@]2(C)CCC[C@@H]3C[C@@]32C1. The number of hydrogen-bond donors (Lipinski definition) is 1. The van der Waals surface area contributed by atoms with Crippen molar-refractivity contribution in [2.75, 3.05) is 0 Å². The molecule has 0 aliphatic heterocycles. The summed E-state index contributed by atoms with van der Waals surface area (Å²) in [6.07, 6.45) is 9.74. The Labute approximate surface area is 99.6 Å².